The summed E-state index contributed by atoms with van der Waals surface area (Å²) in [5, 5.41) is 0. The molecule has 3 N–H and O–H groups in total. The van der Waals surface area contributed by atoms with Gasteiger partial charge in [0.15, 0.2) is 0 Å². The summed E-state index contributed by atoms with van der Waals surface area (Å²) in [7, 11) is 0. The standard InChI is InChI=1S/C13H19F3N4/c1-8(2)10-4-3-5-20(10)12-7-9(13(14,15)16)6-11(18-12)19-17/h6-8,10H,3-5,17H2,1-2H3,(H,18,19). The number of nitrogens with one attached hydrogen (secondary N) is 1. The Kier molecular flexibility index (Phi) is 4.08. The average Bonchev–Trinajstić information content (AvgIpc) is 2.86. The molecule has 0 saturated carbocycles. The third kappa shape index (κ3) is 2.98. The monoisotopic (exact) mass is 288 g/mol. The molecule has 1 aliphatic heterocycles. The number of nitrogens with zero attached hydrogens (tertiary/aromatic N) is 2. The molecule has 7 heteroatoms. The largest absolute Gasteiger partial charge is 0.416 e. The molecule has 1 unspecified atom stereocenters. The number of pyridine rings is 1. The first-order valence-electron chi connectivity index (χ1n) is 6.65. The Morgan fingerprint density at radius 3 is 2.65 bits per heavy atom. The third-order valence-electron chi connectivity index (χ3n) is 3.65. The fourth-order valence-electron chi connectivity index (χ4n) is 2.67. The Morgan fingerprint density at radius 1 is 1.40 bits per heavy atom. The topological polar surface area (TPSA) is 54.2 Å². The predicted molar refractivity (Wildman–Crippen MR) is 72.3 cm³/mol. The van der Waals surface area contributed by atoms with Crippen LogP contribution in [0.1, 0.15) is 32.3 Å². The second-order valence-corrected chi connectivity index (χ2v) is 5.39. The number of halogens is 3. The van der Waals surface area contributed by atoms with Crippen LogP contribution < -0.4 is 16.2 Å². The lowest BCUT2D eigenvalue weighted by molar-refractivity contribution is -0.137. The van der Waals surface area contributed by atoms with Gasteiger partial charge in [0.05, 0.1) is 5.56 Å². The fraction of sp³-hybridized carbons (Fsp3) is 0.615. The van der Waals surface area contributed by atoms with E-state index in [4.69, 9.17) is 5.84 Å². The first-order chi connectivity index (χ1) is 9.32. The van der Waals surface area contributed by atoms with Gasteiger partial charge in [0, 0.05) is 12.6 Å². The number of hydrogen-bond donors (Lipinski definition) is 2. The maximum atomic E-state index is 12.9. The SMILES string of the molecule is CC(C)C1CCCN1c1cc(C(F)(F)F)cc(NN)n1. The van der Waals surface area contributed by atoms with E-state index in [1.807, 2.05) is 4.90 Å². The molecule has 0 bridgehead atoms. The van der Waals surface area contributed by atoms with Crippen LogP contribution in [-0.2, 0) is 6.18 Å². The number of aromatic nitrogens is 1. The smallest absolute Gasteiger partial charge is 0.353 e. The molecule has 0 amide bonds. The molecular weight excluding hydrogens is 269 g/mol. The second-order valence-electron chi connectivity index (χ2n) is 5.39. The molecule has 1 aromatic heterocycles. The molecule has 0 spiro atoms. The molecule has 1 fully saturated rings. The van der Waals surface area contributed by atoms with Crippen molar-refractivity contribution < 1.29 is 13.2 Å². The predicted octanol–water partition coefficient (Wildman–Crippen LogP) is 3.01. The number of anilines is 2. The van der Waals surface area contributed by atoms with Gasteiger partial charge in [-0.3, -0.25) is 0 Å². The molecular formula is C13H19F3N4. The summed E-state index contributed by atoms with van der Waals surface area (Å²) in [6.45, 7) is 4.86. The summed E-state index contributed by atoms with van der Waals surface area (Å²) in [5.74, 6) is 5.96. The van der Waals surface area contributed by atoms with Gasteiger partial charge in [0.2, 0.25) is 0 Å². The number of hydrogen-bond acceptors (Lipinski definition) is 4. The molecule has 4 nitrogen and oxygen atoms in total. The van der Waals surface area contributed by atoms with Gasteiger partial charge in [0.25, 0.3) is 0 Å². The third-order valence-corrected chi connectivity index (χ3v) is 3.65. The van der Waals surface area contributed by atoms with Gasteiger partial charge in [0.1, 0.15) is 11.6 Å². The molecule has 0 aliphatic carbocycles. The van der Waals surface area contributed by atoms with Crippen molar-refractivity contribution in [3.8, 4) is 0 Å². The lowest BCUT2D eigenvalue weighted by atomic mass is 10.0. The second kappa shape index (κ2) is 5.47. The van der Waals surface area contributed by atoms with E-state index in [1.54, 1.807) is 0 Å². The highest BCUT2D eigenvalue weighted by molar-refractivity contribution is 5.52. The van der Waals surface area contributed by atoms with Gasteiger partial charge >= 0.3 is 6.18 Å². The summed E-state index contributed by atoms with van der Waals surface area (Å²) in [4.78, 5) is 6.12. The van der Waals surface area contributed by atoms with Crippen molar-refractivity contribution in [2.75, 3.05) is 16.9 Å². The van der Waals surface area contributed by atoms with Crippen LogP contribution in [0.5, 0.6) is 0 Å². The van der Waals surface area contributed by atoms with Gasteiger partial charge in [-0.2, -0.15) is 13.2 Å². The first-order valence-corrected chi connectivity index (χ1v) is 6.65. The molecule has 2 heterocycles. The molecule has 1 atom stereocenters. The zero-order valence-corrected chi connectivity index (χ0v) is 11.5. The summed E-state index contributed by atoms with van der Waals surface area (Å²) in [6.07, 6.45) is -2.47. The van der Waals surface area contributed by atoms with Crippen molar-refractivity contribution in [3.63, 3.8) is 0 Å². The molecule has 0 radical (unpaired) electrons. The zero-order chi connectivity index (χ0) is 14.9. The minimum atomic E-state index is -4.41. The van der Waals surface area contributed by atoms with Crippen LogP contribution in [0.25, 0.3) is 0 Å². The van der Waals surface area contributed by atoms with E-state index >= 15 is 0 Å². The normalized spacial score (nSPS) is 19.8. The summed E-state index contributed by atoms with van der Waals surface area (Å²) < 4.78 is 38.7. The maximum Gasteiger partial charge on any atom is 0.416 e. The molecule has 1 aromatic rings. The van der Waals surface area contributed by atoms with Crippen molar-refractivity contribution in [1.82, 2.24) is 4.98 Å². The number of nitrogens with two attached hydrogens (primary N) is 1. The minimum absolute atomic E-state index is 0.0317. The van der Waals surface area contributed by atoms with Crippen LogP contribution in [-0.4, -0.2) is 17.6 Å². The van der Waals surface area contributed by atoms with Gasteiger partial charge in [-0.05, 0) is 30.9 Å². The van der Waals surface area contributed by atoms with E-state index in [2.05, 4.69) is 24.3 Å². The van der Waals surface area contributed by atoms with E-state index in [9.17, 15) is 13.2 Å². The van der Waals surface area contributed by atoms with Crippen molar-refractivity contribution >= 4 is 11.6 Å². The summed E-state index contributed by atoms with van der Waals surface area (Å²) >= 11 is 0. The molecule has 1 saturated heterocycles. The minimum Gasteiger partial charge on any atom is -0.353 e. The van der Waals surface area contributed by atoms with Crippen molar-refractivity contribution in [3.05, 3.63) is 17.7 Å². The summed E-state index contributed by atoms with van der Waals surface area (Å²) in [5.41, 5.74) is 1.48. The Morgan fingerprint density at radius 2 is 2.10 bits per heavy atom. The highest BCUT2D eigenvalue weighted by Crippen LogP contribution is 2.35. The van der Waals surface area contributed by atoms with Crippen LogP contribution in [0.15, 0.2) is 12.1 Å². The van der Waals surface area contributed by atoms with E-state index < -0.39 is 11.7 Å². The van der Waals surface area contributed by atoms with Gasteiger partial charge in [-0.1, -0.05) is 13.8 Å². The molecule has 1 aliphatic rings. The molecule has 0 aromatic carbocycles. The quantitative estimate of drug-likeness (QED) is 0.663. The van der Waals surface area contributed by atoms with Crippen LogP contribution >= 0.6 is 0 Å². The van der Waals surface area contributed by atoms with E-state index in [-0.39, 0.29) is 11.9 Å². The number of alkyl halides is 3. The van der Waals surface area contributed by atoms with Gasteiger partial charge in [-0.25, -0.2) is 10.8 Å². The fourth-order valence-corrected chi connectivity index (χ4v) is 2.67. The lowest BCUT2D eigenvalue weighted by Crippen LogP contribution is -2.34. The first kappa shape index (κ1) is 14.9. The van der Waals surface area contributed by atoms with Crippen molar-refractivity contribution in [1.29, 1.82) is 0 Å². The maximum absolute atomic E-state index is 12.9. The Balaban J connectivity index is 2.40. The van der Waals surface area contributed by atoms with Gasteiger partial charge < -0.3 is 10.3 Å². The molecule has 20 heavy (non-hydrogen) atoms. The van der Waals surface area contributed by atoms with Crippen LogP contribution in [0.2, 0.25) is 0 Å². The lowest BCUT2D eigenvalue weighted by Gasteiger charge is -2.29. The average molecular weight is 288 g/mol. The Labute approximate surface area is 116 Å². The number of hydrazine groups is 1. The van der Waals surface area contributed by atoms with E-state index in [0.29, 0.717) is 11.7 Å². The van der Waals surface area contributed by atoms with E-state index in [1.165, 1.54) is 0 Å². The Bertz CT molecular complexity index is 473. The van der Waals surface area contributed by atoms with Crippen LogP contribution in [0.3, 0.4) is 0 Å². The number of nitrogen functional groups attached to an aromatic ring is 1. The van der Waals surface area contributed by atoms with Crippen LogP contribution in [0, 0.1) is 5.92 Å². The van der Waals surface area contributed by atoms with Crippen molar-refractivity contribution in [2.45, 2.75) is 38.9 Å². The summed E-state index contributed by atoms with van der Waals surface area (Å²) in [6, 6.07) is 2.24. The zero-order valence-electron chi connectivity index (χ0n) is 11.5. The molecule has 112 valence electrons. The number of rotatable bonds is 3. The molecule has 2 rings (SSSR count). The highest BCUT2D eigenvalue weighted by Gasteiger charge is 2.34. The van der Waals surface area contributed by atoms with E-state index in [0.717, 1.165) is 31.5 Å². The highest BCUT2D eigenvalue weighted by atomic mass is 19.4. The van der Waals surface area contributed by atoms with Gasteiger partial charge in [-0.15, -0.1) is 0 Å². The van der Waals surface area contributed by atoms with Crippen LogP contribution in [0.4, 0.5) is 24.8 Å². The Hall–Kier alpha value is -1.50. The van der Waals surface area contributed by atoms with Crippen molar-refractivity contribution in [2.24, 2.45) is 11.8 Å².